The van der Waals surface area contributed by atoms with E-state index < -0.39 is 0 Å². The van der Waals surface area contributed by atoms with Crippen LogP contribution in [0.15, 0.2) is 6.20 Å². The van der Waals surface area contributed by atoms with E-state index in [0.29, 0.717) is 0 Å². The van der Waals surface area contributed by atoms with E-state index in [-0.39, 0.29) is 6.04 Å². The summed E-state index contributed by atoms with van der Waals surface area (Å²) in [4.78, 5) is 2.17. The lowest BCUT2D eigenvalue weighted by Crippen LogP contribution is -2.25. The molecule has 5 nitrogen and oxygen atoms in total. The zero-order valence-electron chi connectivity index (χ0n) is 10.8. The molecule has 0 saturated carbocycles. The Bertz CT molecular complexity index is 322. The highest BCUT2D eigenvalue weighted by Crippen LogP contribution is 2.26. The number of hydrogen-bond acceptors (Lipinski definition) is 4. The van der Waals surface area contributed by atoms with Gasteiger partial charge in [-0.25, -0.2) is 0 Å². The third-order valence-corrected chi connectivity index (χ3v) is 2.71. The average molecular weight is 226 g/mol. The number of ether oxygens (including phenoxy) is 1. The van der Waals surface area contributed by atoms with E-state index in [0.717, 1.165) is 24.4 Å². The van der Waals surface area contributed by atoms with E-state index in [1.54, 1.807) is 13.3 Å². The third kappa shape index (κ3) is 2.96. The molecule has 0 radical (unpaired) electrons. The second kappa shape index (κ2) is 5.86. The van der Waals surface area contributed by atoms with Crippen LogP contribution in [0.25, 0.3) is 0 Å². The van der Waals surface area contributed by atoms with Crippen LogP contribution in [0.5, 0.6) is 5.75 Å². The molecular formula is C11H22N4O. The van der Waals surface area contributed by atoms with Crippen LogP contribution in [0.3, 0.4) is 0 Å². The molecule has 1 aromatic rings. The molecule has 1 atom stereocenters. The van der Waals surface area contributed by atoms with Crippen molar-refractivity contribution < 1.29 is 4.74 Å². The van der Waals surface area contributed by atoms with Gasteiger partial charge in [0, 0.05) is 7.05 Å². The van der Waals surface area contributed by atoms with E-state index in [4.69, 9.17) is 4.74 Å². The van der Waals surface area contributed by atoms with Crippen LogP contribution in [-0.2, 0) is 7.05 Å². The largest absolute Gasteiger partial charge is 0.493 e. The molecule has 0 bridgehead atoms. The van der Waals surface area contributed by atoms with Crippen LogP contribution in [0.2, 0.25) is 0 Å². The standard InChI is InChI=1S/C11H22N4O/c1-12-9(6-7-14(2)3)11-10(16-5)8-13-15(11)4/h8-9,12H,6-7H2,1-5H3. The van der Waals surface area contributed by atoms with Crippen molar-refractivity contribution in [3.8, 4) is 5.75 Å². The Morgan fingerprint density at radius 1 is 1.56 bits per heavy atom. The van der Waals surface area contributed by atoms with E-state index in [1.807, 2.05) is 18.8 Å². The lowest BCUT2D eigenvalue weighted by atomic mass is 10.1. The maximum absolute atomic E-state index is 5.32. The molecule has 0 aliphatic carbocycles. The molecule has 1 N–H and O–H groups in total. The molecule has 1 rings (SSSR count). The second-order valence-corrected chi connectivity index (χ2v) is 4.16. The van der Waals surface area contributed by atoms with Crippen LogP contribution in [-0.4, -0.2) is 49.5 Å². The molecule has 0 saturated heterocycles. The van der Waals surface area contributed by atoms with Crippen LogP contribution >= 0.6 is 0 Å². The number of aromatic nitrogens is 2. The summed E-state index contributed by atoms with van der Waals surface area (Å²) < 4.78 is 7.19. The fourth-order valence-corrected chi connectivity index (χ4v) is 1.79. The van der Waals surface area contributed by atoms with Crippen molar-refractivity contribution in [3.63, 3.8) is 0 Å². The smallest absolute Gasteiger partial charge is 0.161 e. The summed E-state index contributed by atoms with van der Waals surface area (Å²) in [7, 11) is 9.74. The Balaban J connectivity index is 2.81. The minimum atomic E-state index is 0.268. The predicted molar refractivity (Wildman–Crippen MR) is 64.7 cm³/mol. The fourth-order valence-electron chi connectivity index (χ4n) is 1.79. The van der Waals surface area contributed by atoms with Crippen molar-refractivity contribution in [2.45, 2.75) is 12.5 Å². The summed E-state index contributed by atoms with van der Waals surface area (Å²) in [5, 5.41) is 7.53. The Labute approximate surface area is 97.4 Å². The first-order chi connectivity index (χ1) is 7.60. The first kappa shape index (κ1) is 13.0. The normalized spacial score (nSPS) is 13.1. The predicted octanol–water partition coefficient (Wildman–Crippen LogP) is 0.641. The Morgan fingerprint density at radius 2 is 2.25 bits per heavy atom. The van der Waals surface area contributed by atoms with Crippen molar-refractivity contribution >= 4 is 0 Å². The van der Waals surface area contributed by atoms with Crippen LogP contribution in [0, 0.1) is 0 Å². The second-order valence-electron chi connectivity index (χ2n) is 4.16. The Kier molecular flexibility index (Phi) is 4.76. The minimum Gasteiger partial charge on any atom is -0.493 e. The molecule has 92 valence electrons. The van der Waals surface area contributed by atoms with Gasteiger partial charge < -0.3 is 15.0 Å². The highest BCUT2D eigenvalue weighted by Gasteiger charge is 2.18. The SMILES string of the molecule is CNC(CCN(C)C)c1c(OC)cnn1C. The minimum absolute atomic E-state index is 0.268. The Morgan fingerprint density at radius 3 is 2.75 bits per heavy atom. The highest BCUT2D eigenvalue weighted by molar-refractivity contribution is 5.28. The van der Waals surface area contributed by atoms with Crippen molar-refractivity contribution in [3.05, 3.63) is 11.9 Å². The zero-order chi connectivity index (χ0) is 12.1. The van der Waals surface area contributed by atoms with Gasteiger partial charge in [0.25, 0.3) is 0 Å². The molecule has 16 heavy (non-hydrogen) atoms. The first-order valence-corrected chi connectivity index (χ1v) is 5.48. The van der Waals surface area contributed by atoms with E-state index >= 15 is 0 Å². The highest BCUT2D eigenvalue weighted by atomic mass is 16.5. The zero-order valence-corrected chi connectivity index (χ0v) is 10.8. The van der Waals surface area contributed by atoms with Gasteiger partial charge in [-0.05, 0) is 34.1 Å². The summed E-state index contributed by atoms with van der Waals surface area (Å²) in [5.74, 6) is 0.848. The topological polar surface area (TPSA) is 42.3 Å². The van der Waals surface area contributed by atoms with E-state index in [2.05, 4.69) is 29.4 Å². The monoisotopic (exact) mass is 226 g/mol. The van der Waals surface area contributed by atoms with Gasteiger partial charge in [-0.3, -0.25) is 4.68 Å². The van der Waals surface area contributed by atoms with Gasteiger partial charge in [-0.1, -0.05) is 0 Å². The van der Waals surface area contributed by atoms with Crippen LogP contribution in [0.4, 0.5) is 0 Å². The molecular weight excluding hydrogens is 204 g/mol. The number of nitrogens with one attached hydrogen (secondary N) is 1. The van der Waals surface area contributed by atoms with Crippen molar-refractivity contribution in [1.82, 2.24) is 20.0 Å². The molecule has 0 aliphatic heterocycles. The molecule has 0 aromatic carbocycles. The molecule has 0 spiro atoms. The number of aryl methyl sites for hydroxylation is 1. The maximum atomic E-state index is 5.32. The number of rotatable bonds is 6. The summed E-state index contributed by atoms with van der Waals surface area (Å²) in [5.41, 5.74) is 1.10. The maximum Gasteiger partial charge on any atom is 0.161 e. The van der Waals surface area contributed by atoms with Gasteiger partial charge in [0.05, 0.1) is 25.0 Å². The lowest BCUT2D eigenvalue weighted by Gasteiger charge is -2.20. The van der Waals surface area contributed by atoms with Crippen molar-refractivity contribution in [2.75, 3.05) is 34.8 Å². The first-order valence-electron chi connectivity index (χ1n) is 5.48. The molecule has 1 heterocycles. The van der Waals surface area contributed by atoms with Crippen LogP contribution < -0.4 is 10.1 Å². The van der Waals surface area contributed by atoms with Gasteiger partial charge in [-0.15, -0.1) is 0 Å². The fraction of sp³-hybridized carbons (Fsp3) is 0.727. The lowest BCUT2D eigenvalue weighted by molar-refractivity contribution is 0.350. The molecule has 1 unspecified atom stereocenters. The average Bonchev–Trinajstić information content (AvgIpc) is 2.61. The Hall–Kier alpha value is -1.07. The van der Waals surface area contributed by atoms with Gasteiger partial charge in [0.15, 0.2) is 5.75 Å². The van der Waals surface area contributed by atoms with E-state index in [1.165, 1.54) is 0 Å². The van der Waals surface area contributed by atoms with Gasteiger partial charge in [0.2, 0.25) is 0 Å². The molecule has 1 aromatic heterocycles. The van der Waals surface area contributed by atoms with E-state index in [9.17, 15) is 0 Å². The quantitative estimate of drug-likeness (QED) is 0.773. The molecule has 5 heteroatoms. The summed E-state index contributed by atoms with van der Waals surface area (Å²) in [6.07, 6.45) is 2.79. The van der Waals surface area contributed by atoms with Crippen molar-refractivity contribution in [1.29, 1.82) is 0 Å². The number of methoxy groups -OCH3 is 1. The van der Waals surface area contributed by atoms with Crippen LogP contribution in [0.1, 0.15) is 18.2 Å². The summed E-state index contributed by atoms with van der Waals surface area (Å²) in [6, 6.07) is 0.268. The number of hydrogen-bond donors (Lipinski definition) is 1. The van der Waals surface area contributed by atoms with Gasteiger partial charge in [0.1, 0.15) is 0 Å². The van der Waals surface area contributed by atoms with Gasteiger partial charge in [-0.2, -0.15) is 5.10 Å². The number of nitrogens with zero attached hydrogens (tertiary/aromatic N) is 3. The molecule has 0 aliphatic rings. The molecule has 0 fully saturated rings. The molecule has 0 amide bonds. The third-order valence-electron chi connectivity index (χ3n) is 2.71. The van der Waals surface area contributed by atoms with Crippen molar-refractivity contribution in [2.24, 2.45) is 7.05 Å². The summed E-state index contributed by atoms with van der Waals surface area (Å²) >= 11 is 0. The van der Waals surface area contributed by atoms with Gasteiger partial charge >= 0.3 is 0 Å². The summed E-state index contributed by atoms with van der Waals surface area (Å²) in [6.45, 7) is 1.03.